The third-order valence-corrected chi connectivity index (χ3v) is 7.62. The molecule has 0 radical (unpaired) electrons. The van der Waals surface area contributed by atoms with Crippen LogP contribution in [-0.4, -0.2) is 44.6 Å². The molecule has 1 saturated heterocycles. The fourth-order valence-corrected chi connectivity index (χ4v) is 5.52. The molecule has 1 fully saturated rings. The Bertz CT molecular complexity index is 1380. The minimum absolute atomic E-state index is 0.0344. The third kappa shape index (κ3) is 6.00. The van der Waals surface area contributed by atoms with Crippen molar-refractivity contribution in [1.29, 1.82) is 0 Å². The van der Waals surface area contributed by atoms with Crippen LogP contribution in [0.5, 0.6) is 0 Å². The summed E-state index contributed by atoms with van der Waals surface area (Å²) in [4.78, 5) is 31.5. The van der Waals surface area contributed by atoms with Crippen molar-refractivity contribution in [2.24, 2.45) is 0 Å². The second-order valence-corrected chi connectivity index (χ2v) is 10.2. The van der Waals surface area contributed by atoms with Gasteiger partial charge in [0, 0.05) is 19.3 Å². The molecule has 0 saturated carbocycles. The van der Waals surface area contributed by atoms with Gasteiger partial charge < -0.3 is 10.2 Å². The molecule has 1 unspecified atom stereocenters. The number of fused-ring (bicyclic) bond motifs is 1. The normalized spacial score (nSPS) is 18.1. The van der Waals surface area contributed by atoms with E-state index >= 15 is 0 Å². The Labute approximate surface area is 227 Å². The number of aromatic nitrogens is 3. The molecule has 2 amide bonds. The first-order valence-corrected chi connectivity index (χ1v) is 13.2. The van der Waals surface area contributed by atoms with Crippen LogP contribution in [0, 0.1) is 0 Å². The molecule has 212 valence electrons. The number of rotatable bonds is 6. The summed E-state index contributed by atoms with van der Waals surface area (Å²) in [6.45, 7) is -0.114. The van der Waals surface area contributed by atoms with Crippen LogP contribution >= 0.6 is 0 Å². The molecule has 7 nitrogen and oxygen atoms in total. The average Bonchev–Trinajstić information content (AvgIpc) is 3.38. The Morgan fingerprint density at radius 1 is 1.05 bits per heavy atom. The number of amides is 2. The van der Waals surface area contributed by atoms with Crippen LogP contribution in [0.2, 0.25) is 0 Å². The molecule has 0 spiro atoms. The number of likely N-dealkylation sites (tertiary alicyclic amines) is 1. The standard InChI is InChI=1S/C28H28F5N5O2/c29-26(30)23-15-24(28(31,32)33)36-38(23)16-25(39)37-12-9-17(10-13-37)19-8-11-34-22(14-19)27(40)35-21-7-3-5-18-4-1-2-6-20(18)21/h1-2,4,6,8,11,14-15,17,21,26H,3,5,7,9-10,12-13,16H2,(H,35,40). The number of hydrogen-bond donors (Lipinski definition) is 1. The number of aryl methyl sites for hydroxylation is 1. The van der Waals surface area contributed by atoms with Crippen molar-refractivity contribution < 1.29 is 31.5 Å². The first kappa shape index (κ1) is 27.7. The molecule has 12 heteroatoms. The highest BCUT2D eigenvalue weighted by Crippen LogP contribution is 2.33. The lowest BCUT2D eigenvalue weighted by molar-refractivity contribution is -0.142. The zero-order valence-electron chi connectivity index (χ0n) is 21.5. The number of nitrogens with one attached hydrogen (secondary N) is 1. The van der Waals surface area contributed by atoms with Gasteiger partial charge >= 0.3 is 6.18 Å². The van der Waals surface area contributed by atoms with Crippen LogP contribution in [0.4, 0.5) is 22.0 Å². The van der Waals surface area contributed by atoms with Gasteiger partial charge in [-0.05, 0) is 72.9 Å². The fourth-order valence-electron chi connectivity index (χ4n) is 5.52. The van der Waals surface area contributed by atoms with Gasteiger partial charge in [0.15, 0.2) is 5.69 Å². The molecule has 1 atom stereocenters. The molecular formula is C28H28F5N5O2. The number of halogens is 5. The summed E-state index contributed by atoms with van der Waals surface area (Å²) >= 11 is 0. The molecule has 40 heavy (non-hydrogen) atoms. The lowest BCUT2D eigenvalue weighted by Crippen LogP contribution is -2.40. The maximum absolute atomic E-state index is 13.3. The van der Waals surface area contributed by atoms with Crippen molar-refractivity contribution in [3.8, 4) is 0 Å². The van der Waals surface area contributed by atoms with Gasteiger partial charge in [-0.25, -0.2) is 8.78 Å². The van der Waals surface area contributed by atoms with E-state index in [1.54, 1.807) is 12.3 Å². The van der Waals surface area contributed by atoms with Gasteiger partial charge in [-0.2, -0.15) is 18.3 Å². The number of benzene rings is 1. The van der Waals surface area contributed by atoms with Gasteiger partial charge in [0.05, 0.1) is 6.04 Å². The van der Waals surface area contributed by atoms with Crippen molar-refractivity contribution in [1.82, 2.24) is 25.0 Å². The molecule has 1 N–H and O–H groups in total. The van der Waals surface area contributed by atoms with Gasteiger partial charge in [0.2, 0.25) is 5.91 Å². The van der Waals surface area contributed by atoms with Crippen molar-refractivity contribution in [3.05, 3.63) is 82.4 Å². The average molecular weight is 562 g/mol. The van der Waals surface area contributed by atoms with Crippen molar-refractivity contribution in [3.63, 3.8) is 0 Å². The van der Waals surface area contributed by atoms with Crippen molar-refractivity contribution >= 4 is 11.8 Å². The summed E-state index contributed by atoms with van der Waals surface area (Å²) < 4.78 is 65.8. The van der Waals surface area contributed by atoms with Crippen LogP contribution in [-0.2, 0) is 23.9 Å². The van der Waals surface area contributed by atoms with Gasteiger partial charge in [0.1, 0.15) is 17.9 Å². The maximum atomic E-state index is 13.3. The molecule has 5 rings (SSSR count). The topological polar surface area (TPSA) is 80.1 Å². The quantitative estimate of drug-likeness (QED) is 0.406. The SMILES string of the molecule is O=C(NC1CCCc2ccccc21)c1cc(C2CCN(C(=O)Cn3nc(C(F)(F)F)cc3C(F)F)CC2)ccn1. The van der Waals surface area contributed by atoms with Crippen LogP contribution in [0.25, 0.3) is 0 Å². The van der Waals surface area contributed by atoms with Crippen LogP contribution < -0.4 is 5.32 Å². The van der Waals surface area contributed by atoms with Crippen molar-refractivity contribution in [2.45, 2.75) is 63.2 Å². The van der Waals surface area contributed by atoms with Gasteiger partial charge in [0.25, 0.3) is 12.3 Å². The van der Waals surface area contributed by atoms with Gasteiger partial charge in [-0.15, -0.1) is 0 Å². The molecule has 2 aliphatic rings. The lowest BCUT2D eigenvalue weighted by atomic mass is 9.87. The Balaban J connectivity index is 1.20. The number of hydrogen-bond acceptors (Lipinski definition) is 4. The highest BCUT2D eigenvalue weighted by molar-refractivity contribution is 5.92. The Morgan fingerprint density at radius 2 is 1.80 bits per heavy atom. The number of carbonyl (C=O) groups is 2. The zero-order valence-corrected chi connectivity index (χ0v) is 21.5. The molecule has 3 heterocycles. The highest BCUT2D eigenvalue weighted by Gasteiger charge is 2.37. The van der Waals surface area contributed by atoms with E-state index in [9.17, 15) is 31.5 Å². The van der Waals surface area contributed by atoms with E-state index in [1.807, 2.05) is 24.3 Å². The van der Waals surface area contributed by atoms with Crippen LogP contribution in [0.15, 0.2) is 48.7 Å². The first-order chi connectivity index (χ1) is 19.1. The van der Waals surface area contributed by atoms with Gasteiger partial charge in [-0.1, -0.05) is 24.3 Å². The predicted molar refractivity (Wildman–Crippen MR) is 135 cm³/mol. The highest BCUT2D eigenvalue weighted by atomic mass is 19.4. The van der Waals surface area contributed by atoms with Crippen molar-refractivity contribution in [2.75, 3.05) is 13.1 Å². The second kappa shape index (κ2) is 11.3. The third-order valence-electron chi connectivity index (χ3n) is 7.62. The largest absolute Gasteiger partial charge is 0.435 e. The summed E-state index contributed by atoms with van der Waals surface area (Å²) in [5.74, 6) is -0.810. The number of piperidine rings is 1. The Hall–Kier alpha value is -3.83. The van der Waals surface area contributed by atoms with E-state index in [2.05, 4.69) is 21.5 Å². The molecule has 2 aromatic heterocycles. The summed E-state index contributed by atoms with van der Waals surface area (Å²) in [5.41, 5.74) is 1.16. The monoisotopic (exact) mass is 561 g/mol. The second-order valence-electron chi connectivity index (χ2n) is 10.2. The molecule has 3 aromatic rings. The molecular weight excluding hydrogens is 533 g/mol. The molecule has 0 bridgehead atoms. The first-order valence-electron chi connectivity index (χ1n) is 13.2. The minimum atomic E-state index is -4.89. The number of nitrogens with zero attached hydrogens (tertiary/aromatic N) is 4. The fraction of sp³-hybridized carbons (Fsp3) is 0.429. The Morgan fingerprint density at radius 3 is 2.52 bits per heavy atom. The van der Waals surface area contributed by atoms with E-state index in [0.29, 0.717) is 36.3 Å². The minimum Gasteiger partial charge on any atom is -0.344 e. The van der Waals surface area contributed by atoms with E-state index in [4.69, 9.17) is 0 Å². The maximum Gasteiger partial charge on any atom is 0.435 e. The summed E-state index contributed by atoms with van der Waals surface area (Å²) in [7, 11) is 0. The summed E-state index contributed by atoms with van der Waals surface area (Å²) in [6, 6.07) is 11.8. The van der Waals surface area contributed by atoms with Crippen LogP contribution in [0.1, 0.15) is 82.6 Å². The zero-order chi connectivity index (χ0) is 28.4. The van der Waals surface area contributed by atoms with Crippen LogP contribution in [0.3, 0.4) is 0 Å². The number of carbonyl (C=O) groups excluding carboxylic acids is 2. The van der Waals surface area contributed by atoms with Gasteiger partial charge in [-0.3, -0.25) is 19.3 Å². The molecule has 1 aromatic carbocycles. The van der Waals surface area contributed by atoms with E-state index in [-0.39, 0.29) is 23.9 Å². The predicted octanol–water partition coefficient (Wildman–Crippen LogP) is 5.45. The molecule has 1 aliphatic heterocycles. The summed E-state index contributed by atoms with van der Waals surface area (Å²) in [5, 5.41) is 6.30. The van der Waals surface area contributed by atoms with E-state index in [0.717, 1.165) is 30.4 Å². The molecule has 1 aliphatic carbocycles. The summed E-state index contributed by atoms with van der Waals surface area (Å²) in [6.07, 6.45) is -2.60. The lowest BCUT2D eigenvalue weighted by Gasteiger charge is -2.32. The Kier molecular flexibility index (Phi) is 7.86. The van der Waals surface area contributed by atoms with E-state index in [1.165, 1.54) is 10.5 Å². The van der Waals surface area contributed by atoms with E-state index < -0.39 is 36.4 Å². The number of alkyl halides is 5. The number of pyridine rings is 1. The smallest absolute Gasteiger partial charge is 0.344 e.